The zero-order chi connectivity index (χ0) is 7.82. The minimum atomic E-state index is 0.796. The smallest absolute Gasteiger partial charge is 0.0352 e. The quantitative estimate of drug-likeness (QED) is 0.389. The van der Waals surface area contributed by atoms with Crippen LogP contribution in [-0.4, -0.2) is 0 Å². The van der Waals surface area contributed by atoms with Crippen LogP contribution in [-0.2, 0) is 0 Å². The van der Waals surface area contributed by atoms with Gasteiger partial charge in [-0.2, -0.15) is 0 Å². The highest BCUT2D eigenvalue weighted by atomic mass is 14.0. The van der Waals surface area contributed by atoms with Crippen LogP contribution in [0.5, 0.6) is 0 Å². The van der Waals surface area contributed by atoms with Crippen molar-refractivity contribution in [3.8, 4) is 0 Å². The summed E-state index contributed by atoms with van der Waals surface area (Å²) in [6.07, 6.45) is 7.68. The molecule has 0 rings (SSSR count). The van der Waals surface area contributed by atoms with E-state index in [1.165, 1.54) is 12.8 Å². The van der Waals surface area contributed by atoms with Crippen molar-refractivity contribution in [2.75, 3.05) is 0 Å². The number of hydrogen-bond donors (Lipinski definition) is 0. The van der Waals surface area contributed by atoms with E-state index in [0.717, 1.165) is 25.2 Å². The average molecular weight is 138 g/mol. The average Bonchev–Trinajstić information content (AvgIpc) is 1.89. The summed E-state index contributed by atoms with van der Waals surface area (Å²) >= 11 is 0. The summed E-state index contributed by atoms with van der Waals surface area (Å²) < 4.78 is 0. The van der Waals surface area contributed by atoms with Crippen LogP contribution >= 0.6 is 0 Å². The van der Waals surface area contributed by atoms with Crippen LogP contribution in [0.1, 0.15) is 39.0 Å². The highest BCUT2D eigenvalue weighted by Crippen LogP contribution is 2.13. The van der Waals surface area contributed by atoms with Crippen LogP contribution in [0.2, 0.25) is 0 Å². The van der Waals surface area contributed by atoms with E-state index in [2.05, 4.69) is 13.5 Å². The highest BCUT2D eigenvalue weighted by molar-refractivity contribution is 4.66. The van der Waals surface area contributed by atoms with Crippen molar-refractivity contribution < 1.29 is 0 Å². The summed E-state index contributed by atoms with van der Waals surface area (Å²) in [4.78, 5) is 0. The molecule has 0 aromatic carbocycles. The predicted octanol–water partition coefficient (Wildman–Crippen LogP) is 3.47. The molecule has 0 saturated heterocycles. The molecule has 58 valence electrons. The molecule has 0 aliphatic carbocycles. The van der Waals surface area contributed by atoms with Crippen LogP contribution < -0.4 is 0 Å². The molecule has 0 aliphatic heterocycles. The second kappa shape index (κ2) is 6.85. The Bertz CT molecular complexity index is 74.1. The maximum atomic E-state index is 5.41. The van der Waals surface area contributed by atoms with Crippen molar-refractivity contribution in [3.63, 3.8) is 0 Å². The third-order valence-electron chi connectivity index (χ3n) is 1.76. The largest absolute Gasteiger partial charge is 0.103 e. The lowest BCUT2D eigenvalue weighted by Gasteiger charge is -2.07. The van der Waals surface area contributed by atoms with Gasteiger partial charge in [0.2, 0.25) is 0 Å². The van der Waals surface area contributed by atoms with Crippen molar-refractivity contribution in [2.24, 2.45) is 5.92 Å². The SMILES string of the molecule is [CH]CCC(C)CCCC=C. The first-order valence-corrected chi connectivity index (χ1v) is 4.12. The van der Waals surface area contributed by atoms with Crippen LogP contribution in [0.3, 0.4) is 0 Å². The van der Waals surface area contributed by atoms with Gasteiger partial charge in [-0.05, 0) is 32.1 Å². The molecule has 0 aromatic rings. The molecule has 0 spiro atoms. The lowest BCUT2D eigenvalue weighted by atomic mass is 9.99. The van der Waals surface area contributed by atoms with E-state index in [1.54, 1.807) is 0 Å². The zero-order valence-electron chi connectivity index (χ0n) is 6.97. The van der Waals surface area contributed by atoms with Crippen LogP contribution in [0.25, 0.3) is 0 Å². The Balaban J connectivity index is 3.04. The fourth-order valence-electron chi connectivity index (χ4n) is 1.04. The minimum Gasteiger partial charge on any atom is -0.103 e. The normalized spacial score (nSPS) is 13.0. The Morgan fingerprint density at radius 2 is 2.20 bits per heavy atom. The Hall–Kier alpha value is -0.260. The molecule has 0 saturated carbocycles. The standard InChI is InChI=1S/C10H18/c1-4-6-7-9-10(3)8-5-2/h2,4,10H,1,5-9H2,3H3. The number of allylic oxidation sites excluding steroid dienone is 1. The first-order valence-electron chi connectivity index (χ1n) is 4.12. The maximum absolute atomic E-state index is 5.41. The molecule has 1 unspecified atom stereocenters. The van der Waals surface area contributed by atoms with Gasteiger partial charge < -0.3 is 0 Å². The third-order valence-corrected chi connectivity index (χ3v) is 1.76. The van der Waals surface area contributed by atoms with E-state index >= 15 is 0 Å². The lowest BCUT2D eigenvalue weighted by Crippen LogP contribution is -1.92. The number of hydrogen-bond acceptors (Lipinski definition) is 0. The molecule has 0 amide bonds. The summed E-state index contributed by atoms with van der Waals surface area (Å²) in [6, 6.07) is 0. The summed E-state index contributed by atoms with van der Waals surface area (Å²) in [6.45, 7) is 11.4. The molecule has 0 fully saturated rings. The summed E-state index contributed by atoms with van der Waals surface area (Å²) in [5, 5.41) is 0. The van der Waals surface area contributed by atoms with Gasteiger partial charge in [0.25, 0.3) is 0 Å². The molecule has 0 N–H and O–H groups in total. The maximum Gasteiger partial charge on any atom is -0.0352 e. The zero-order valence-corrected chi connectivity index (χ0v) is 6.97. The number of unbranched alkanes of at least 4 members (excludes halogenated alkanes) is 1. The fourth-order valence-corrected chi connectivity index (χ4v) is 1.04. The van der Waals surface area contributed by atoms with Gasteiger partial charge in [0.15, 0.2) is 0 Å². The second-order valence-corrected chi connectivity index (χ2v) is 2.90. The van der Waals surface area contributed by atoms with Gasteiger partial charge >= 0.3 is 0 Å². The van der Waals surface area contributed by atoms with Crippen molar-refractivity contribution in [2.45, 2.75) is 39.0 Å². The molecule has 0 nitrogen and oxygen atoms in total. The summed E-state index contributed by atoms with van der Waals surface area (Å²) in [5.74, 6) is 0.796. The van der Waals surface area contributed by atoms with Crippen molar-refractivity contribution in [1.29, 1.82) is 0 Å². The third kappa shape index (κ3) is 5.87. The van der Waals surface area contributed by atoms with E-state index in [4.69, 9.17) is 6.92 Å². The Labute approximate surface area is 65.3 Å². The van der Waals surface area contributed by atoms with Crippen LogP contribution in [0, 0.1) is 12.8 Å². The van der Waals surface area contributed by atoms with E-state index in [0.29, 0.717) is 0 Å². The minimum absolute atomic E-state index is 0.796. The van der Waals surface area contributed by atoms with Gasteiger partial charge in [0.1, 0.15) is 0 Å². The molecular weight excluding hydrogens is 120 g/mol. The van der Waals surface area contributed by atoms with Gasteiger partial charge in [-0.15, -0.1) is 6.58 Å². The molecule has 0 aliphatic rings. The first kappa shape index (κ1) is 9.74. The van der Waals surface area contributed by atoms with E-state index in [9.17, 15) is 0 Å². The Morgan fingerprint density at radius 1 is 1.50 bits per heavy atom. The van der Waals surface area contributed by atoms with Crippen molar-refractivity contribution in [1.82, 2.24) is 0 Å². The molecule has 0 aromatic heterocycles. The Kier molecular flexibility index (Phi) is 6.68. The molecule has 0 bridgehead atoms. The highest BCUT2D eigenvalue weighted by Gasteiger charge is 1.97. The van der Waals surface area contributed by atoms with Gasteiger partial charge in [-0.25, -0.2) is 0 Å². The summed E-state index contributed by atoms with van der Waals surface area (Å²) in [5.41, 5.74) is 0. The molecule has 0 heterocycles. The molecule has 10 heavy (non-hydrogen) atoms. The first-order chi connectivity index (χ1) is 4.81. The molecule has 1 atom stereocenters. The second-order valence-electron chi connectivity index (χ2n) is 2.90. The monoisotopic (exact) mass is 138 g/mol. The Morgan fingerprint density at radius 3 is 2.70 bits per heavy atom. The van der Waals surface area contributed by atoms with Crippen molar-refractivity contribution in [3.05, 3.63) is 19.6 Å². The molecule has 0 heteroatoms. The summed E-state index contributed by atoms with van der Waals surface area (Å²) in [7, 11) is 0. The predicted molar refractivity (Wildman–Crippen MR) is 46.7 cm³/mol. The lowest BCUT2D eigenvalue weighted by molar-refractivity contribution is 0.480. The number of rotatable bonds is 6. The topological polar surface area (TPSA) is 0 Å². The molecular formula is C10H18. The van der Waals surface area contributed by atoms with E-state index < -0.39 is 0 Å². The van der Waals surface area contributed by atoms with Crippen LogP contribution in [0.4, 0.5) is 0 Å². The fraction of sp³-hybridized carbons (Fsp3) is 0.700. The van der Waals surface area contributed by atoms with Gasteiger partial charge in [0.05, 0.1) is 0 Å². The molecule has 2 radical (unpaired) electrons. The van der Waals surface area contributed by atoms with E-state index in [1.807, 2.05) is 6.08 Å². The van der Waals surface area contributed by atoms with Crippen molar-refractivity contribution >= 4 is 0 Å². The van der Waals surface area contributed by atoms with Gasteiger partial charge in [0, 0.05) is 0 Å². The van der Waals surface area contributed by atoms with Crippen LogP contribution in [0.15, 0.2) is 12.7 Å². The van der Waals surface area contributed by atoms with E-state index in [-0.39, 0.29) is 0 Å². The van der Waals surface area contributed by atoms with Gasteiger partial charge in [-0.1, -0.05) is 25.8 Å². The van der Waals surface area contributed by atoms with Gasteiger partial charge in [-0.3, -0.25) is 0 Å².